The maximum atomic E-state index is 13.0. The summed E-state index contributed by atoms with van der Waals surface area (Å²) in [7, 11) is 1.11. The Balaban J connectivity index is 1.99. The molecule has 0 amide bonds. The largest absolute Gasteiger partial charge is 0.481 e. The van der Waals surface area contributed by atoms with Crippen molar-refractivity contribution in [3.8, 4) is 5.88 Å². The van der Waals surface area contributed by atoms with E-state index < -0.39 is 17.6 Å². The van der Waals surface area contributed by atoms with E-state index >= 15 is 0 Å². The molecule has 0 aliphatic rings. The van der Waals surface area contributed by atoms with Gasteiger partial charge >= 0.3 is 6.18 Å². The normalized spacial score (nSPS) is 12.6. The van der Waals surface area contributed by atoms with E-state index in [1.54, 1.807) is 6.07 Å². The SMILES string of the molecule is COc1nc(Nc2ccnc3nc(/C(N)=C(\Cl)SN)cnc23)ccc1C(F)(F)F. The van der Waals surface area contributed by atoms with E-state index in [9.17, 15) is 13.2 Å². The molecule has 3 rings (SSSR count). The fourth-order valence-corrected chi connectivity index (χ4v) is 2.66. The first kappa shape index (κ1) is 20.9. The van der Waals surface area contributed by atoms with Crippen molar-refractivity contribution in [2.24, 2.45) is 10.9 Å². The zero-order valence-corrected chi connectivity index (χ0v) is 16.2. The van der Waals surface area contributed by atoms with Gasteiger partial charge in [-0.1, -0.05) is 11.6 Å². The van der Waals surface area contributed by atoms with E-state index in [1.807, 2.05) is 0 Å². The van der Waals surface area contributed by atoms with Gasteiger partial charge in [-0.3, -0.25) is 5.14 Å². The van der Waals surface area contributed by atoms with Crippen molar-refractivity contribution >= 4 is 51.9 Å². The highest BCUT2D eigenvalue weighted by Gasteiger charge is 2.35. The Kier molecular flexibility index (Phi) is 5.96. The highest BCUT2D eigenvalue weighted by molar-refractivity contribution is 8.02. The molecule has 0 saturated carbocycles. The molecular weight excluding hydrogens is 431 g/mol. The van der Waals surface area contributed by atoms with Crippen LogP contribution in [-0.4, -0.2) is 27.0 Å². The van der Waals surface area contributed by atoms with Gasteiger partial charge in [0.25, 0.3) is 0 Å². The minimum Gasteiger partial charge on any atom is -0.481 e. The van der Waals surface area contributed by atoms with Crippen LogP contribution in [0.4, 0.5) is 24.7 Å². The van der Waals surface area contributed by atoms with Crippen LogP contribution in [0.3, 0.4) is 0 Å². The van der Waals surface area contributed by atoms with E-state index in [-0.39, 0.29) is 27.2 Å². The van der Waals surface area contributed by atoms with Crippen molar-refractivity contribution in [2.75, 3.05) is 12.4 Å². The van der Waals surface area contributed by atoms with Crippen LogP contribution in [0.15, 0.2) is 35.0 Å². The number of rotatable bonds is 5. The lowest BCUT2D eigenvalue weighted by Gasteiger charge is -2.13. The van der Waals surface area contributed by atoms with E-state index in [0.717, 1.165) is 25.1 Å². The summed E-state index contributed by atoms with van der Waals surface area (Å²) in [6, 6.07) is 3.63. The molecular formula is C16H13ClF3N7OS. The highest BCUT2D eigenvalue weighted by Crippen LogP contribution is 2.36. The number of hydrogen-bond acceptors (Lipinski definition) is 9. The maximum Gasteiger partial charge on any atom is 0.421 e. The first-order chi connectivity index (χ1) is 13.7. The first-order valence-electron chi connectivity index (χ1n) is 7.78. The zero-order valence-electron chi connectivity index (χ0n) is 14.7. The molecule has 0 atom stereocenters. The number of nitrogens with one attached hydrogen (secondary N) is 1. The average Bonchev–Trinajstić information content (AvgIpc) is 2.71. The number of anilines is 2. The third-order valence-corrected chi connectivity index (χ3v) is 4.56. The lowest BCUT2D eigenvalue weighted by atomic mass is 10.2. The molecule has 0 bridgehead atoms. The Morgan fingerprint density at radius 3 is 2.62 bits per heavy atom. The molecule has 0 aliphatic heterocycles. The van der Waals surface area contributed by atoms with E-state index in [2.05, 4.69) is 25.3 Å². The number of nitrogens with zero attached hydrogens (tertiary/aromatic N) is 4. The molecule has 0 aromatic carbocycles. The summed E-state index contributed by atoms with van der Waals surface area (Å²) >= 11 is 6.67. The van der Waals surface area contributed by atoms with Crippen LogP contribution in [0.25, 0.3) is 16.9 Å². The Labute approximate surface area is 171 Å². The Hall–Kier alpha value is -2.83. The third kappa shape index (κ3) is 4.44. The summed E-state index contributed by atoms with van der Waals surface area (Å²) in [6.07, 6.45) is -1.76. The van der Waals surface area contributed by atoms with Gasteiger partial charge < -0.3 is 15.8 Å². The van der Waals surface area contributed by atoms with Crippen molar-refractivity contribution < 1.29 is 17.9 Å². The van der Waals surface area contributed by atoms with Gasteiger partial charge in [-0.25, -0.2) is 15.0 Å². The van der Waals surface area contributed by atoms with Crippen molar-refractivity contribution in [3.63, 3.8) is 0 Å². The summed E-state index contributed by atoms with van der Waals surface area (Å²) in [4.78, 5) is 16.5. The molecule has 152 valence electrons. The Morgan fingerprint density at radius 1 is 1.21 bits per heavy atom. The summed E-state index contributed by atoms with van der Waals surface area (Å²) in [6.45, 7) is 0. The molecule has 3 aromatic heterocycles. The fraction of sp³-hybridized carbons (Fsp3) is 0.125. The number of hydrogen-bond donors (Lipinski definition) is 3. The fourth-order valence-electron chi connectivity index (χ4n) is 2.33. The molecule has 0 radical (unpaired) electrons. The van der Waals surface area contributed by atoms with Gasteiger partial charge in [0, 0.05) is 6.20 Å². The number of halogens is 4. The zero-order chi connectivity index (χ0) is 21.2. The number of ether oxygens (including phenoxy) is 1. The summed E-state index contributed by atoms with van der Waals surface area (Å²) in [5.41, 5.74) is 6.31. The minimum atomic E-state index is -4.58. The van der Waals surface area contributed by atoms with Gasteiger partial charge in [-0.15, -0.1) is 0 Å². The molecule has 0 aliphatic carbocycles. The number of fused-ring (bicyclic) bond motifs is 1. The van der Waals surface area contributed by atoms with Gasteiger partial charge in [-0.2, -0.15) is 18.2 Å². The van der Waals surface area contributed by atoms with Crippen LogP contribution in [0.2, 0.25) is 0 Å². The second kappa shape index (κ2) is 8.27. The van der Waals surface area contributed by atoms with Crippen LogP contribution >= 0.6 is 23.5 Å². The predicted octanol–water partition coefficient (Wildman–Crippen LogP) is 3.62. The molecule has 0 unspecified atom stereocenters. The molecule has 5 N–H and O–H groups in total. The molecule has 13 heteroatoms. The topological polar surface area (TPSA) is 125 Å². The van der Waals surface area contributed by atoms with Crippen LogP contribution in [0, 0.1) is 0 Å². The Bertz CT molecular complexity index is 1090. The lowest BCUT2D eigenvalue weighted by molar-refractivity contribution is -0.139. The van der Waals surface area contributed by atoms with E-state index in [4.69, 9.17) is 27.2 Å². The number of pyridine rings is 2. The summed E-state index contributed by atoms with van der Waals surface area (Å²) < 4.78 is 43.9. The monoisotopic (exact) mass is 443 g/mol. The van der Waals surface area contributed by atoms with Crippen molar-refractivity contribution in [1.82, 2.24) is 19.9 Å². The number of nitrogens with two attached hydrogens (primary N) is 2. The summed E-state index contributed by atoms with van der Waals surface area (Å²) in [5.74, 6) is -0.434. The maximum absolute atomic E-state index is 13.0. The highest BCUT2D eigenvalue weighted by atomic mass is 35.5. The quantitative estimate of drug-likeness (QED) is 0.507. The van der Waals surface area contributed by atoms with Gasteiger partial charge in [0.2, 0.25) is 5.88 Å². The Morgan fingerprint density at radius 2 is 1.97 bits per heavy atom. The van der Waals surface area contributed by atoms with Crippen molar-refractivity contribution in [3.05, 3.63) is 46.2 Å². The number of alkyl halides is 3. The standard InChI is InChI=1S/C16H13ClF3N7OS/c1-28-15-7(16(18,19)20)2-3-10(27-15)25-8-4-5-23-14-12(8)24-6-9(26-14)11(21)13(17)29-22/h2-6H,21-22H2,1H3,(H,23,25,26,27)/b13-11-. The van der Waals surface area contributed by atoms with Crippen LogP contribution in [0.1, 0.15) is 11.3 Å². The van der Waals surface area contributed by atoms with Crippen LogP contribution in [0.5, 0.6) is 5.88 Å². The average molecular weight is 444 g/mol. The van der Waals surface area contributed by atoms with Crippen molar-refractivity contribution in [1.29, 1.82) is 0 Å². The van der Waals surface area contributed by atoms with E-state index in [0.29, 0.717) is 11.2 Å². The molecule has 0 spiro atoms. The van der Waals surface area contributed by atoms with Gasteiger partial charge in [0.1, 0.15) is 27.0 Å². The third-order valence-electron chi connectivity index (χ3n) is 3.66. The minimum absolute atomic E-state index is 0.121. The second-order valence-corrected chi connectivity index (χ2v) is 6.71. The molecule has 3 aromatic rings. The number of methoxy groups -OCH3 is 1. The molecule has 0 saturated heterocycles. The predicted molar refractivity (Wildman–Crippen MR) is 105 cm³/mol. The van der Waals surface area contributed by atoms with Crippen LogP contribution in [-0.2, 0) is 6.18 Å². The molecule has 3 heterocycles. The smallest absolute Gasteiger partial charge is 0.421 e. The lowest BCUT2D eigenvalue weighted by Crippen LogP contribution is -2.09. The van der Waals surface area contributed by atoms with E-state index in [1.165, 1.54) is 18.5 Å². The number of aromatic nitrogens is 4. The molecule has 29 heavy (non-hydrogen) atoms. The van der Waals surface area contributed by atoms with Gasteiger partial charge in [0.05, 0.1) is 24.7 Å². The second-order valence-electron chi connectivity index (χ2n) is 5.47. The molecule has 0 fully saturated rings. The van der Waals surface area contributed by atoms with Crippen molar-refractivity contribution in [2.45, 2.75) is 6.18 Å². The van der Waals surface area contributed by atoms with Gasteiger partial charge in [-0.05, 0) is 30.1 Å². The molecule has 8 nitrogen and oxygen atoms in total. The van der Waals surface area contributed by atoms with Gasteiger partial charge in [0.15, 0.2) is 5.65 Å². The van der Waals surface area contributed by atoms with Crippen LogP contribution < -0.4 is 20.9 Å². The first-order valence-corrected chi connectivity index (χ1v) is 9.03. The summed E-state index contributed by atoms with van der Waals surface area (Å²) in [5, 5.41) is 8.27.